The van der Waals surface area contributed by atoms with Crippen LogP contribution in [0.15, 0.2) is 30.3 Å². The minimum absolute atomic E-state index is 0.264. The third-order valence-electron chi connectivity index (χ3n) is 3.35. The number of nitrogens with two attached hydrogens (primary N) is 1. The lowest BCUT2D eigenvalue weighted by Gasteiger charge is -2.30. The maximum absolute atomic E-state index is 12.2. The first-order valence-electron chi connectivity index (χ1n) is 6.78. The van der Waals surface area contributed by atoms with Crippen LogP contribution in [0.4, 0.5) is 17.2 Å². The highest BCUT2D eigenvalue weighted by Gasteiger charge is 2.16. The van der Waals surface area contributed by atoms with Crippen LogP contribution >= 0.6 is 0 Å². The molecule has 2 heterocycles. The number of H-pyrrole nitrogens is 1. The average Bonchev–Trinajstić information content (AvgIpc) is 2.95. The van der Waals surface area contributed by atoms with Gasteiger partial charge in [-0.15, -0.1) is 0 Å². The minimum atomic E-state index is -0.264. The van der Waals surface area contributed by atoms with Crippen LogP contribution in [-0.4, -0.2) is 42.4 Å². The van der Waals surface area contributed by atoms with Crippen molar-refractivity contribution >= 4 is 23.1 Å². The average molecular weight is 287 g/mol. The zero-order valence-corrected chi connectivity index (χ0v) is 11.5. The predicted octanol–water partition coefficient (Wildman–Crippen LogP) is 1.08. The Kier molecular flexibility index (Phi) is 3.74. The third-order valence-corrected chi connectivity index (χ3v) is 3.35. The number of para-hydroxylation sites is 2. The molecular formula is C14H17N5O2. The van der Waals surface area contributed by atoms with Gasteiger partial charge in [-0.25, -0.2) is 0 Å². The molecule has 1 saturated heterocycles. The number of benzene rings is 1. The number of carbonyl (C=O) groups excluding carboxylic acids is 1. The molecule has 0 spiro atoms. The van der Waals surface area contributed by atoms with Gasteiger partial charge in [0, 0.05) is 19.2 Å². The predicted molar refractivity (Wildman–Crippen MR) is 80.4 cm³/mol. The first-order valence-corrected chi connectivity index (χ1v) is 6.78. The number of carbonyl (C=O) groups is 1. The van der Waals surface area contributed by atoms with Crippen LogP contribution < -0.4 is 16.0 Å². The molecule has 0 radical (unpaired) electrons. The number of hydrogen-bond acceptors (Lipinski definition) is 5. The monoisotopic (exact) mass is 287 g/mol. The van der Waals surface area contributed by atoms with E-state index in [1.807, 2.05) is 24.3 Å². The second-order valence-electron chi connectivity index (χ2n) is 4.78. The molecule has 2 aromatic rings. The topological polar surface area (TPSA) is 96.3 Å². The van der Waals surface area contributed by atoms with Gasteiger partial charge in [-0.2, -0.15) is 5.10 Å². The van der Waals surface area contributed by atoms with E-state index >= 15 is 0 Å². The number of rotatable bonds is 3. The zero-order chi connectivity index (χ0) is 14.7. The lowest BCUT2D eigenvalue weighted by atomic mass is 10.2. The van der Waals surface area contributed by atoms with Gasteiger partial charge in [-0.05, 0) is 12.1 Å². The molecule has 21 heavy (non-hydrogen) atoms. The number of morpholine rings is 1. The molecular weight excluding hydrogens is 270 g/mol. The third kappa shape index (κ3) is 2.97. The summed E-state index contributed by atoms with van der Waals surface area (Å²) in [6, 6.07) is 9.22. The molecule has 1 amide bonds. The zero-order valence-electron chi connectivity index (χ0n) is 11.5. The van der Waals surface area contributed by atoms with Crippen molar-refractivity contribution in [3.05, 3.63) is 36.0 Å². The normalized spacial score (nSPS) is 15.0. The van der Waals surface area contributed by atoms with Crippen molar-refractivity contribution in [3.8, 4) is 0 Å². The molecule has 1 aromatic heterocycles. The quantitative estimate of drug-likeness (QED) is 0.785. The van der Waals surface area contributed by atoms with Crippen LogP contribution in [0.5, 0.6) is 0 Å². The number of anilines is 3. The largest absolute Gasteiger partial charge is 0.382 e. The number of amides is 1. The smallest absolute Gasteiger partial charge is 0.273 e. The minimum Gasteiger partial charge on any atom is -0.382 e. The van der Waals surface area contributed by atoms with Crippen LogP contribution in [0.2, 0.25) is 0 Å². The Hall–Kier alpha value is -2.54. The Bertz CT molecular complexity index is 634. The highest BCUT2D eigenvalue weighted by molar-refractivity contribution is 6.05. The number of hydrogen-bond donors (Lipinski definition) is 3. The van der Waals surface area contributed by atoms with Gasteiger partial charge >= 0.3 is 0 Å². The molecule has 4 N–H and O–H groups in total. The molecule has 1 aliphatic rings. The number of nitrogens with one attached hydrogen (secondary N) is 2. The van der Waals surface area contributed by atoms with E-state index in [4.69, 9.17) is 10.5 Å². The fraction of sp³-hybridized carbons (Fsp3) is 0.286. The summed E-state index contributed by atoms with van der Waals surface area (Å²) < 4.78 is 5.36. The fourth-order valence-corrected chi connectivity index (χ4v) is 2.30. The van der Waals surface area contributed by atoms with Gasteiger partial charge in [-0.1, -0.05) is 12.1 Å². The summed E-state index contributed by atoms with van der Waals surface area (Å²) >= 11 is 0. The maximum atomic E-state index is 12.2. The molecule has 3 rings (SSSR count). The first kappa shape index (κ1) is 13.4. The van der Waals surface area contributed by atoms with Crippen molar-refractivity contribution in [3.63, 3.8) is 0 Å². The lowest BCUT2D eigenvalue weighted by Crippen LogP contribution is -2.36. The Morgan fingerprint density at radius 1 is 1.33 bits per heavy atom. The van der Waals surface area contributed by atoms with Gasteiger partial charge in [0.05, 0.1) is 24.6 Å². The number of nitrogens with zero attached hydrogens (tertiary/aromatic N) is 2. The van der Waals surface area contributed by atoms with Gasteiger partial charge in [-0.3, -0.25) is 9.89 Å². The second kappa shape index (κ2) is 5.84. The lowest BCUT2D eigenvalue weighted by molar-refractivity contribution is 0.102. The SMILES string of the molecule is Nc1cc(C(=O)Nc2ccccc2N2CCOCC2)[nH]n1. The summed E-state index contributed by atoms with van der Waals surface area (Å²) in [5.41, 5.74) is 7.60. The highest BCUT2D eigenvalue weighted by Crippen LogP contribution is 2.26. The molecule has 7 nitrogen and oxygen atoms in total. The van der Waals surface area contributed by atoms with Crippen LogP contribution in [0.25, 0.3) is 0 Å². The van der Waals surface area contributed by atoms with Gasteiger partial charge in [0.1, 0.15) is 11.5 Å². The molecule has 110 valence electrons. The van der Waals surface area contributed by atoms with E-state index in [1.165, 1.54) is 6.07 Å². The molecule has 0 atom stereocenters. The summed E-state index contributed by atoms with van der Waals surface area (Å²) in [6.45, 7) is 3.01. The van der Waals surface area contributed by atoms with E-state index in [9.17, 15) is 4.79 Å². The van der Waals surface area contributed by atoms with Crippen molar-refractivity contribution in [2.24, 2.45) is 0 Å². The van der Waals surface area contributed by atoms with Crippen LogP contribution in [-0.2, 0) is 4.74 Å². The number of ether oxygens (including phenoxy) is 1. The van der Waals surface area contributed by atoms with E-state index in [0.29, 0.717) is 24.7 Å². The van der Waals surface area contributed by atoms with Crippen molar-refractivity contribution in [1.82, 2.24) is 10.2 Å². The first-order chi connectivity index (χ1) is 10.2. The molecule has 0 saturated carbocycles. The van der Waals surface area contributed by atoms with Crippen LogP contribution in [0.1, 0.15) is 10.5 Å². The standard InChI is InChI=1S/C14H17N5O2/c15-13-9-11(17-18-13)14(20)16-10-3-1-2-4-12(10)19-5-7-21-8-6-19/h1-4,9H,5-8H2,(H,16,20)(H3,15,17,18). The molecule has 1 aliphatic heterocycles. The number of aromatic amines is 1. The van der Waals surface area contributed by atoms with Gasteiger partial charge in [0.2, 0.25) is 0 Å². The van der Waals surface area contributed by atoms with E-state index in [0.717, 1.165) is 24.5 Å². The molecule has 7 heteroatoms. The van der Waals surface area contributed by atoms with Crippen molar-refractivity contribution in [1.29, 1.82) is 0 Å². The Labute approximate surface area is 122 Å². The summed E-state index contributed by atoms with van der Waals surface area (Å²) in [5, 5.41) is 9.25. The Balaban J connectivity index is 1.80. The van der Waals surface area contributed by atoms with Crippen molar-refractivity contribution in [2.75, 3.05) is 42.3 Å². The highest BCUT2D eigenvalue weighted by atomic mass is 16.5. The van der Waals surface area contributed by atoms with E-state index in [-0.39, 0.29) is 5.91 Å². The Morgan fingerprint density at radius 2 is 2.10 bits per heavy atom. The number of nitrogen functional groups attached to an aromatic ring is 1. The summed E-state index contributed by atoms with van der Waals surface area (Å²) in [4.78, 5) is 14.4. The van der Waals surface area contributed by atoms with Gasteiger partial charge in [0.15, 0.2) is 0 Å². The van der Waals surface area contributed by atoms with Gasteiger partial charge in [0.25, 0.3) is 5.91 Å². The van der Waals surface area contributed by atoms with Crippen LogP contribution in [0, 0.1) is 0 Å². The molecule has 1 fully saturated rings. The maximum Gasteiger partial charge on any atom is 0.273 e. The molecule has 1 aromatic carbocycles. The van der Waals surface area contributed by atoms with E-state index < -0.39 is 0 Å². The van der Waals surface area contributed by atoms with E-state index in [2.05, 4.69) is 20.4 Å². The van der Waals surface area contributed by atoms with E-state index in [1.54, 1.807) is 0 Å². The number of aromatic nitrogens is 2. The summed E-state index contributed by atoms with van der Waals surface area (Å²) in [5.74, 6) is 0.0292. The molecule has 0 aliphatic carbocycles. The van der Waals surface area contributed by atoms with Crippen LogP contribution in [0.3, 0.4) is 0 Å². The van der Waals surface area contributed by atoms with Crippen molar-refractivity contribution < 1.29 is 9.53 Å². The molecule has 0 unspecified atom stereocenters. The fourth-order valence-electron chi connectivity index (χ4n) is 2.30. The Morgan fingerprint density at radius 3 is 2.81 bits per heavy atom. The summed E-state index contributed by atoms with van der Waals surface area (Å²) in [7, 11) is 0. The van der Waals surface area contributed by atoms with Gasteiger partial charge < -0.3 is 20.7 Å². The second-order valence-corrected chi connectivity index (χ2v) is 4.78. The molecule has 0 bridgehead atoms. The summed E-state index contributed by atoms with van der Waals surface area (Å²) in [6.07, 6.45) is 0. The van der Waals surface area contributed by atoms with Crippen molar-refractivity contribution in [2.45, 2.75) is 0 Å².